The number of nitrogens with one attached hydrogen (secondary N) is 2. The molecule has 1 aliphatic heterocycles. The van der Waals surface area contributed by atoms with Crippen molar-refractivity contribution in [3.05, 3.63) is 23.8 Å². The van der Waals surface area contributed by atoms with Gasteiger partial charge in [0.05, 0.1) is 20.8 Å². The molecule has 7 nitrogen and oxygen atoms in total. The lowest BCUT2D eigenvalue weighted by atomic mass is 10.2. The molecular formula is C22H39N5O2. The van der Waals surface area contributed by atoms with Crippen LogP contribution in [-0.2, 0) is 6.54 Å². The highest BCUT2D eigenvalue weighted by molar-refractivity contribution is 5.80. The van der Waals surface area contributed by atoms with Crippen LogP contribution < -0.4 is 20.1 Å². The van der Waals surface area contributed by atoms with E-state index in [1.165, 1.54) is 5.56 Å². The van der Waals surface area contributed by atoms with Crippen molar-refractivity contribution in [2.24, 2.45) is 4.99 Å². The van der Waals surface area contributed by atoms with Crippen molar-refractivity contribution < 1.29 is 9.47 Å². The second-order valence-electron chi connectivity index (χ2n) is 7.92. The molecule has 164 valence electrons. The zero-order valence-corrected chi connectivity index (χ0v) is 19.0. The predicted molar refractivity (Wildman–Crippen MR) is 120 cm³/mol. The summed E-state index contributed by atoms with van der Waals surface area (Å²) in [6.07, 6.45) is 1.11. The number of hydrogen-bond donors (Lipinski definition) is 2. The fourth-order valence-electron chi connectivity index (χ4n) is 3.40. The molecule has 0 amide bonds. The molecule has 0 radical (unpaired) electrons. The fourth-order valence-corrected chi connectivity index (χ4v) is 3.40. The first-order chi connectivity index (χ1) is 13.9. The van der Waals surface area contributed by atoms with E-state index in [0.717, 1.165) is 63.1 Å². The second-order valence-corrected chi connectivity index (χ2v) is 7.92. The first-order valence-electron chi connectivity index (χ1n) is 10.6. The van der Waals surface area contributed by atoms with Crippen LogP contribution in [0.3, 0.4) is 0 Å². The molecule has 1 aromatic rings. The monoisotopic (exact) mass is 405 g/mol. The van der Waals surface area contributed by atoms with E-state index in [0.29, 0.717) is 12.1 Å². The summed E-state index contributed by atoms with van der Waals surface area (Å²) in [5.74, 6) is 2.59. The van der Waals surface area contributed by atoms with Gasteiger partial charge in [0, 0.05) is 50.9 Å². The van der Waals surface area contributed by atoms with Crippen LogP contribution in [0.4, 0.5) is 0 Å². The summed E-state index contributed by atoms with van der Waals surface area (Å²) in [5.41, 5.74) is 1.21. The lowest BCUT2D eigenvalue weighted by Gasteiger charge is -2.21. The van der Waals surface area contributed by atoms with Crippen molar-refractivity contribution in [2.45, 2.75) is 45.8 Å². The van der Waals surface area contributed by atoms with Gasteiger partial charge in [-0.3, -0.25) is 9.89 Å². The molecule has 1 unspecified atom stereocenters. The minimum atomic E-state index is 0.406. The van der Waals surface area contributed by atoms with Gasteiger partial charge in [-0.25, -0.2) is 0 Å². The molecule has 29 heavy (non-hydrogen) atoms. The highest BCUT2D eigenvalue weighted by Crippen LogP contribution is 2.24. The number of nitrogens with zero attached hydrogens (tertiary/aromatic N) is 3. The highest BCUT2D eigenvalue weighted by atomic mass is 16.5. The smallest absolute Gasteiger partial charge is 0.191 e. The Morgan fingerprint density at radius 3 is 2.52 bits per heavy atom. The van der Waals surface area contributed by atoms with Crippen molar-refractivity contribution >= 4 is 5.96 Å². The third-order valence-corrected chi connectivity index (χ3v) is 5.38. The SMILES string of the molecule is CCNC(=NCCN(C)C(C)C)NC1CCN(Cc2cc(OC)cc(OC)c2)C1. The number of ether oxygens (including phenoxy) is 2. The fraction of sp³-hybridized carbons (Fsp3) is 0.682. The zero-order chi connectivity index (χ0) is 21.2. The van der Waals surface area contributed by atoms with Gasteiger partial charge in [0.2, 0.25) is 0 Å². The van der Waals surface area contributed by atoms with Gasteiger partial charge in [-0.05, 0) is 51.9 Å². The highest BCUT2D eigenvalue weighted by Gasteiger charge is 2.23. The van der Waals surface area contributed by atoms with Crippen LogP contribution in [0.1, 0.15) is 32.8 Å². The van der Waals surface area contributed by atoms with E-state index in [1.54, 1.807) is 14.2 Å². The number of rotatable bonds is 10. The zero-order valence-electron chi connectivity index (χ0n) is 19.0. The number of likely N-dealkylation sites (N-methyl/N-ethyl adjacent to an activating group) is 1. The molecule has 0 spiro atoms. The molecule has 7 heteroatoms. The maximum atomic E-state index is 5.39. The Labute approximate surface area is 176 Å². The first-order valence-corrected chi connectivity index (χ1v) is 10.6. The third kappa shape index (κ3) is 7.74. The van der Waals surface area contributed by atoms with Gasteiger partial charge in [0.25, 0.3) is 0 Å². The largest absolute Gasteiger partial charge is 0.497 e. The first kappa shape index (κ1) is 23.3. The Morgan fingerprint density at radius 2 is 1.93 bits per heavy atom. The van der Waals surface area contributed by atoms with E-state index in [-0.39, 0.29) is 0 Å². The number of hydrogen-bond acceptors (Lipinski definition) is 5. The summed E-state index contributed by atoms with van der Waals surface area (Å²) in [6, 6.07) is 7.02. The Kier molecular flexibility index (Phi) is 9.54. The van der Waals surface area contributed by atoms with Gasteiger partial charge in [0.15, 0.2) is 5.96 Å². The van der Waals surface area contributed by atoms with Gasteiger partial charge in [-0.2, -0.15) is 0 Å². The summed E-state index contributed by atoms with van der Waals surface area (Å²) < 4.78 is 10.8. The predicted octanol–water partition coefficient (Wildman–Crippen LogP) is 2.17. The normalized spacial score (nSPS) is 17.8. The van der Waals surface area contributed by atoms with Gasteiger partial charge in [0.1, 0.15) is 11.5 Å². The lowest BCUT2D eigenvalue weighted by Crippen LogP contribution is -2.45. The molecule has 2 rings (SSSR count). The van der Waals surface area contributed by atoms with Crippen LogP contribution in [0.25, 0.3) is 0 Å². The number of methoxy groups -OCH3 is 2. The van der Waals surface area contributed by atoms with E-state index >= 15 is 0 Å². The lowest BCUT2D eigenvalue weighted by molar-refractivity contribution is 0.282. The van der Waals surface area contributed by atoms with Crippen molar-refractivity contribution in [1.82, 2.24) is 20.4 Å². The van der Waals surface area contributed by atoms with Crippen LogP contribution in [-0.4, -0.2) is 81.8 Å². The molecule has 1 aromatic carbocycles. The van der Waals surface area contributed by atoms with Gasteiger partial charge in [-0.15, -0.1) is 0 Å². The molecule has 2 N–H and O–H groups in total. The van der Waals surface area contributed by atoms with Crippen molar-refractivity contribution in [1.29, 1.82) is 0 Å². The summed E-state index contributed by atoms with van der Waals surface area (Å²) in [6.45, 7) is 12.1. The summed E-state index contributed by atoms with van der Waals surface area (Å²) >= 11 is 0. The van der Waals surface area contributed by atoms with E-state index in [2.05, 4.69) is 60.4 Å². The van der Waals surface area contributed by atoms with Crippen molar-refractivity contribution in [2.75, 3.05) is 54.0 Å². The Balaban J connectivity index is 1.88. The Hall–Kier alpha value is -1.99. The van der Waals surface area contributed by atoms with Crippen LogP contribution >= 0.6 is 0 Å². The molecule has 1 atom stereocenters. The van der Waals surface area contributed by atoms with Crippen LogP contribution in [0.5, 0.6) is 11.5 Å². The van der Waals surface area contributed by atoms with E-state index in [4.69, 9.17) is 14.5 Å². The standard InChI is InChI=1S/C22H39N5O2/c1-7-23-22(24-9-11-26(4)17(2)3)25-19-8-10-27(16-19)15-18-12-20(28-5)14-21(13-18)29-6/h12-14,17,19H,7-11,15-16H2,1-6H3,(H2,23,24,25). The minimum Gasteiger partial charge on any atom is -0.497 e. The summed E-state index contributed by atoms with van der Waals surface area (Å²) in [7, 11) is 5.52. The minimum absolute atomic E-state index is 0.406. The molecule has 1 fully saturated rings. The van der Waals surface area contributed by atoms with Gasteiger partial charge >= 0.3 is 0 Å². The quantitative estimate of drug-likeness (QED) is 0.460. The Morgan fingerprint density at radius 1 is 1.24 bits per heavy atom. The van der Waals surface area contributed by atoms with Gasteiger partial charge in [-0.1, -0.05) is 0 Å². The topological polar surface area (TPSA) is 61.4 Å². The van der Waals surface area contributed by atoms with Crippen LogP contribution in [0.2, 0.25) is 0 Å². The van der Waals surface area contributed by atoms with Gasteiger partial charge < -0.3 is 25.0 Å². The molecule has 0 saturated carbocycles. The van der Waals surface area contributed by atoms with Crippen LogP contribution in [0, 0.1) is 0 Å². The molecule has 1 heterocycles. The third-order valence-electron chi connectivity index (χ3n) is 5.38. The molecule has 0 aromatic heterocycles. The maximum absolute atomic E-state index is 5.39. The number of guanidine groups is 1. The molecular weight excluding hydrogens is 366 g/mol. The molecule has 0 aliphatic carbocycles. The van der Waals surface area contributed by atoms with E-state index in [9.17, 15) is 0 Å². The molecule has 1 saturated heterocycles. The number of likely N-dealkylation sites (tertiary alicyclic amines) is 1. The van der Waals surface area contributed by atoms with E-state index < -0.39 is 0 Å². The molecule has 1 aliphatic rings. The van der Waals surface area contributed by atoms with Crippen molar-refractivity contribution in [3.8, 4) is 11.5 Å². The maximum Gasteiger partial charge on any atom is 0.191 e. The van der Waals surface area contributed by atoms with Crippen LogP contribution in [0.15, 0.2) is 23.2 Å². The second kappa shape index (κ2) is 11.9. The van der Waals surface area contributed by atoms with Crippen molar-refractivity contribution in [3.63, 3.8) is 0 Å². The molecule has 0 bridgehead atoms. The van der Waals surface area contributed by atoms with E-state index in [1.807, 2.05) is 6.07 Å². The Bertz CT molecular complexity index is 628. The number of aliphatic imine (C=N–C) groups is 1. The average molecular weight is 406 g/mol. The summed E-state index contributed by atoms with van der Waals surface area (Å²) in [4.78, 5) is 9.53. The summed E-state index contributed by atoms with van der Waals surface area (Å²) in [5, 5.41) is 6.99. The number of benzene rings is 1. The average Bonchev–Trinajstić information content (AvgIpc) is 3.14.